The van der Waals surface area contributed by atoms with E-state index in [2.05, 4.69) is 0 Å². The second-order valence-corrected chi connectivity index (χ2v) is 4.14. The minimum absolute atomic E-state index is 0.264. The number of hydrogen-bond donors (Lipinski definition) is 1. The highest BCUT2D eigenvalue weighted by Gasteiger charge is 2.13. The van der Waals surface area contributed by atoms with Crippen LogP contribution < -0.4 is 10.5 Å². The van der Waals surface area contributed by atoms with Crippen molar-refractivity contribution in [1.29, 1.82) is 0 Å². The van der Waals surface area contributed by atoms with Crippen LogP contribution in [0.3, 0.4) is 0 Å². The molecule has 0 aliphatic heterocycles. The molecule has 2 aromatic rings. The van der Waals surface area contributed by atoms with E-state index in [1.165, 1.54) is 6.07 Å². The molecule has 0 spiro atoms. The van der Waals surface area contributed by atoms with Gasteiger partial charge in [0.05, 0.1) is 7.11 Å². The highest BCUT2D eigenvalue weighted by Crippen LogP contribution is 2.24. The van der Waals surface area contributed by atoms with Crippen molar-refractivity contribution in [3.05, 3.63) is 65.5 Å². The normalized spacial score (nSPS) is 12.2. The molecule has 0 fully saturated rings. The van der Waals surface area contributed by atoms with Crippen LogP contribution in [0.15, 0.2) is 48.5 Å². The maximum absolute atomic E-state index is 13.6. The summed E-state index contributed by atoms with van der Waals surface area (Å²) < 4.78 is 18.9. The van der Waals surface area contributed by atoms with Gasteiger partial charge in [0.15, 0.2) is 0 Å². The number of halogens is 1. The summed E-state index contributed by atoms with van der Waals surface area (Å²) in [4.78, 5) is 0. The number of rotatable bonds is 4. The van der Waals surface area contributed by atoms with Crippen LogP contribution in [0, 0.1) is 5.82 Å². The summed E-state index contributed by atoms with van der Waals surface area (Å²) >= 11 is 0. The van der Waals surface area contributed by atoms with Crippen LogP contribution in [-0.4, -0.2) is 7.11 Å². The maximum Gasteiger partial charge on any atom is 0.127 e. The van der Waals surface area contributed by atoms with E-state index in [0.717, 1.165) is 11.3 Å². The third-order valence-corrected chi connectivity index (χ3v) is 2.94. The monoisotopic (exact) mass is 245 g/mol. The Balaban J connectivity index is 2.21. The predicted molar refractivity (Wildman–Crippen MR) is 70.0 cm³/mol. The van der Waals surface area contributed by atoms with E-state index < -0.39 is 0 Å². The zero-order valence-corrected chi connectivity index (χ0v) is 10.3. The molecule has 2 nitrogen and oxygen atoms in total. The number of hydrogen-bond acceptors (Lipinski definition) is 2. The third kappa shape index (κ3) is 2.68. The van der Waals surface area contributed by atoms with E-state index in [0.29, 0.717) is 12.0 Å². The van der Waals surface area contributed by atoms with Gasteiger partial charge in [0.1, 0.15) is 11.6 Å². The fourth-order valence-electron chi connectivity index (χ4n) is 1.99. The molecule has 0 aliphatic carbocycles. The van der Waals surface area contributed by atoms with Crippen LogP contribution >= 0.6 is 0 Å². The highest BCUT2D eigenvalue weighted by molar-refractivity contribution is 5.35. The van der Waals surface area contributed by atoms with Gasteiger partial charge in [0.2, 0.25) is 0 Å². The number of nitrogens with two attached hydrogens (primary N) is 1. The highest BCUT2D eigenvalue weighted by atomic mass is 19.1. The smallest absolute Gasteiger partial charge is 0.127 e. The van der Waals surface area contributed by atoms with Crippen LogP contribution in [-0.2, 0) is 6.42 Å². The molecule has 1 unspecified atom stereocenters. The number of methoxy groups -OCH3 is 1. The van der Waals surface area contributed by atoms with Crippen molar-refractivity contribution in [2.24, 2.45) is 5.73 Å². The number of para-hydroxylation sites is 1. The van der Waals surface area contributed by atoms with Gasteiger partial charge >= 0.3 is 0 Å². The summed E-state index contributed by atoms with van der Waals surface area (Å²) in [6, 6.07) is 13.9. The third-order valence-electron chi connectivity index (χ3n) is 2.94. The molecule has 0 saturated heterocycles. The van der Waals surface area contributed by atoms with Crippen molar-refractivity contribution in [3.8, 4) is 5.75 Å². The summed E-state index contributed by atoms with van der Waals surface area (Å²) in [6.07, 6.45) is 0.547. The Morgan fingerprint density at radius 2 is 1.78 bits per heavy atom. The van der Waals surface area contributed by atoms with E-state index >= 15 is 0 Å². The molecule has 0 aliphatic rings. The zero-order chi connectivity index (χ0) is 13.0. The first-order valence-corrected chi connectivity index (χ1v) is 5.84. The van der Waals surface area contributed by atoms with Gasteiger partial charge in [-0.3, -0.25) is 0 Å². The topological polar surface area (TPSA) is 35.2 Å². The second-order valence-electron chi connectivity index (χ2n) is 4.14. The SMILES string of the molecule is COc1ccccc1CC(N)c1ccccc1F. The average molecular weight is 245 g/mol. The lowest BCUT2D eigenvalue weighted by atomic mass is 9.99. The molecule has 0 aromatic heterocycles. The maximum atomic E-state index is 13.6. The Labute approximate surface area is 106 Å². The van der Waals surface area contributed by atoms with E-state index in [4.69, 9.17) is 10.5 Å². The molecule has 2 rings (SSSR count). The van der Waals surface area contributed by atoms with E-state index in [9.17, 15) is 4.39 Å². The predicted octanol–water partition coefficient (Wildman–Crippen LogP) is 3.08. The van der Waals surface area contributed by atoms with Crippen LogP contribution in [0.4, 0.5) is 4.39 Å². The number of benzene rings is 2. The molecular formula is C15H16FNO. The van der Waals surface area contributed by atoms with Gasteiger partial charge in [-0.1, -0.05) is 36.4 Å². The van der Waals surface area contributed by atoms with Gasteiger partial charge in [0, 0.05) is 11.6 Å². The molecule has 0 bridgehead atoms. The Kier molecular flexibility index (Phi) is 3.95. The van der Waals surface area contributed by atoms with E-state index in [1.807, 2.05) is 24.3 Å². The second kappa shape index (κ2) is 5.65. The summed E-state index contributed by atoms with van der Waals surface area (Å²) in [6.45, 7) is 0. The molecule has 0 amide bonds. The summed E-state index contributed by atoms with van der Waals surface area (Å²) in [5.41, 5.74) is 7.57. The molecule has 0 saturated carbocycles. The average Bonchev–Trinajstić information content (AvgIpc) is 2.39. The molecular weight excluding hydrogens is 229 g/mol. The van der Waals surface area contributed by atoms with E-state index in [-0.39, 0.29) is 11.9 Å². The first-order valence-electron chi connectivity index (χ1n) is 5.84. The van der Waals surface area contributed by atoms with Gasteiger partial charge in [-0.05, 0) is 24.1 Å². The lowest BCUT2D eigenvalue weighted by Gasteiger charge is -2.15. The molecule has 0 radical (unpaired) electrons. The van der Waals surface area contributed by atoms with Gasteiger partial charge in [-0.15, -0.1) is 0 Å². The van der Waals surface area contributed by atoms with Crippen molar-refractivity contribution in [2.45, 2.75) is 12.5 Å². The molecule has 2 aromatic carbocycles. The fraction of sp³-hybridized carbons (Fsp3) is 0.200. The molecule has 2 N–H and O–H groups in total. The van der Waals surface area contributed by atoms with Gasteiger partial charge in [-0.2, -0.15) is 0 Å². The summed E-state index contributed by atoms with van der Waals surface area (Å²) in [7, 11) is 1.62. The molecule has 3 heteroatoms. The lowest BCUT2D eigenvalue weighted by molar-refractivity contribution is 0.408. The minimum Gasteiger partial charge on any atom is -0.496 e. The van der Waals surface area contributed by atoms with Crippen LogP contribution in [0.1, 0.15) is 17.2 Å². The molecule has 0 heterocycles. The Morgan fingerprint density at radius 1 is 1.11 bits per heavy atom. The summed E-state index contributed by atoms with van der Waals surface area (Å²) in [5.74, 6) is 0.518. The van der Waals surface area contributed by atoms with Crippen molar-refractivity contribution < 1.29 is 9.13 Å². The molecule has 94 valence electrons. The zero-order valence-electron chi connectivity index (χ0n) is 10.3. The van der Waals surface area contributed by atoms with Crippen molar-refractivity contribution in [3.63, 3.8) is 0 Å². The first kappa shape index (κ1) is 12.6. The van der Waals surface area contributed by atoms with Gasteiger partial charge in [-0.25, -0.2) is 4.39 Å². The van der Waals surface area contributed by atoms with E-state index in [1.54, 1.807) is 25.3 Å². The van der Waals surface area contributed by atoms with Crippen LogP contribution in [0.5, 0.6) is 5.75 Å². The Bertz CT molecular complexity index is 527. The quantitative estimate of drug-likeness (QED) is 0.898. The Morgan fingerprint density at radius 3 is 2.50 bits per heavy atom. The standard InChI is InChI=1S/C15H16FNO/c1-18-15-9-5-2-6-11(15)10-14(17)12-7-3-4-8-13(12)16/h2-9,14H,10,17H2,1H3. The van der Waals surface area contributed by atoms with Gasteiger partial charge in [0.25, 0.3) is 0 Å². The summed E-state index contributed by atoms with van der Waals surface area (Å²) in [5, 5.41) is 0. The molecule has 18 heavy (non-hydrogen) atoms. The van der Waals surface area contributed by atoms with Gasteiger partial charge < -0.3 is 10.5 Å². The largest absolute Gasteiger partial charge is 0.496 e. The lowest BCUT2D eigenvalue weighted by Crippen LogP contribution is -2.15. The van der Waals surface area contributed by atoms with Crippen LogP contribution in [0.25, 0.3) is 0 Å². The minimum atomic E-state index is -0.373. The van der Waals surface area contributed by atoms with Crippen molar-refractivity contribution >= 4 is 0 Å². The fourth-order valence-corrected chi connectivity index (χ4v) is 1.99. The Hall–Kier alpha value is -1.87. The van der Waals surface area contributed by atoms with Crippen molar-refractivity contribution in [2.75, 3.05) is 7.11 Å². The molecule has 1 atom stereocenters. The number of ether oxygens (including phenoxy) is 1. The van der Waals surface area contributed by atoms with Crippen molar-refractivity contribution in [1.82, 2.24) is 0 Å². The first-order chi connectivity index (χ1) is 8.72. The van der Waals surface area contributed by atoms with Crippen LogP contribution in [0.2, 0.25) is 0 Å².